The lowest BCUT2D eigenvalue weighted by Gasteiger charge is -2.31. The molecule has 1 amide bonds. The van der Waals surface area contributed by atoms with Gasteiger partial charge in [0, 0.05) is 29.2 Å². The minimum atomic E-state index is 0.114. The third-order valence-corrected chi connectivity index (χ3v) is 5.03. The van der Waals surface area contributed by atoms with Crippen molar-refractivity contribution >= 4 is 21.8 Å². The Bertz CT molecular complexity index is 638. The van der Waals surface area contributed by atoms with Crippen molar-refractivity contribution in [1.29, 1.82) is 0 Å². The molecule has 1 aromatic heterocycles. The number of hydrogen-bond donors (Lipinski definition) is 1. The lowest BCUT2D eigenvalue weighted by molar-refractivity contribution is 0.0709. The van der Waals surface area contributed by atoms with Crippen LogP contribution in [-0.4, -0.2) is 28.4 Å². The second-order valence-electron chi connectivity index (χ2n) is 5.87. The van der Waals surface area contributed by atoms with Crippen LogP contribution in [0.1, 0.15) is 48.2 Å². The Hall–Kier alpha value is -1.55. The molecule has 2 atom stereocenters. The number of nitrogens with zero attached hydrogens (tertiary/aromatic N) is 1. The highest BCUT2D eigenvalue weighted by molar-refractivity contribution is 9.10. The summed E-state index contributed by atoms with van der Waals surface area (Å²) in [6.07, 6.45) is 5.03. The third kappa shape index (κ3) is 2.98. The zero-order valence-corrected chi connectivity index (χ0v) is 14.3. The van der Waals surface area contributed by atoms with Crippen LogP contribution in [-0.2, 0) is 0 Å². The summed E-state index contributed by atoms with van der Waals surface area (Å²) in [7, 11) is 0. The molecular formula is C18H21BrN2O. The highest BCUT2D eigenvalue weighted by Gasteiger charge is 2.35. The van der Waals surface area contributed by atoms with Crippen LogP contribution in [0.5, 0.6) is 0 Å². The Morgan fingerprint density at radius 1 is 1.41 bits per heavy atom. The van der Waals surface area contributed by atoms with Gasteiger partial charge in [-0.15, -0.1) is 0 Å². The quantitative estimate of drug-likeness (QED) is 0.851. The van der Waals surface area contributed by atoms with Gasteiger partial charge in [-0.3, -0.25) is 4.79 Å². The highest BCUT2D eigenvalue weighted by atomic mass is 79.9. The number of carbonyl (C=O) groups is 1. The molecule has 1 saturated heterocycles. The summed E-state index contributed by atoms with van der Waals surface area (Å²) < 4.78 is 0.918. The van der Waals surface area contributed by atoms with Crippen LogP contribution in [0.2, 0.25) is 0 Å². The van der Waals surface area contributed by atoms with Gasteiger partial charge in [-0.25, -0.2) is 0 Å². The first-order valence-electron chi connectivity index (χ1n) is 7.90. The fourth-order valence-corrected chi connectivity index (χ4v) is 3.88. The second kappa shape index (κ2) is 6.69. The van der Waals surface area contributed by atoms with Gasteiger partial charge in [-0.05, 0) is 46.8 Å². The van der Waals surface area contributed by atoms with Crippen molar-refractivity contribution in [2.24, 2.45) is 0 Å². The molecule has 1 N–H and O–H groups in total. The van der Waals surface area contributed by atoms with E-state index in [1.165, 1.54) is 5.56 Å². The molecule has 22 heavy (non-hydrogen) atoms. The molecule has 0 aliphatic carbocycles. The SMILES string of the molecule is CC[C@H](c1ccccc1)[C@H]1CCCN1C(=O)c1cc(Br)c[nH]1. The molecule has 3 rings (SSSR count). The maximum Gasteiger partial charge on any atom is 0.270 e. The van der Waals surface area contributed by atoms with E-state index in [-0.39, 0.29) is 5.91 Å². The molecule has 1 aromatic carbocycles. The van der Waals surface area contributed by atoms with Crippen molar-refractivity contribution in [2.75, 3.05) is 6.54 Å². The number of halogens is 1. The van der Waals surface area contributed by atoms with E-state index in [1.807, 2.05) is 18.3 Å². The average Bonchev–Trinajstić information content (AvgIpc) is 3.18. The summed E-state index contributed by atoms with van der Waals surface area (Å²) in [6.45, 7) is 3.06. The van der Waals surface area contributed by atoms with Gasteiger partial charge in [0.2, 0.25) is 0 Å². The summed E-state index contributed by atoms with van der Waals surface area (Å²) in [5.74, 6) is 0.522. The predicted octanol–water partition coefficient (Wildman–Crippen LogP) is 4.58. The van der Waals surface area contributed by atoms with Gasteiger partial charge < -0.3 is 9.88 Å². The van der Waals surface area contributed by atoms with Gasteiger partial charge in [0.1, 0.15) is 5.69 Å². The molecule has 0 bridgehead atoms. The summed E-state index contributed by atoms with van der Waals surface area (Å²) in [5, 5.41) is 0. The zero-order valence-electron chi connectivity index (χ0n) is 12.8. The van der Waals surface area contributed by atoms with Crippen molar-refractivity contribution in [3.05, 3.63) is 58.3 Å². The lowest BCUT2D eigenvalue weighted by atomic mass is 9.87. The Kier molecular flexibility index (Phi) is 4.67. The molecule has 2 aromatic rings. The van der Waals surface area contributed by atoms with Crippen molar-refractivity contribution < 1.29 is 4.79 Å². The van der Waals surface area contributed by atoms with E-state index in [0.717, 1.165) is 30.3 Å². The topological polar surface area (TPSA) is 36.1 Å². The number of hydrogen-bond acceptors (Lipinski definition) is 1. The lowest BCUT2D eigenvalue weighted by Crippen LogP contribution is -2.39. The summed E-state index contributed by atoms with van der Waals surface area (Å²) in [6, 6.07) is 12.7. The summed E-state index contributed by atoms with van der Waals surface area (Å²) >= 11 is 3.40. The van der Waals surface area contributed by atoms with Crippen molar-refractivity contribution in [2.45, 2.75) is 38.1 Å². The van der Waals surface area contributed by atoms with Crippen LogP contribution in [0, 0.1) is 0 Å². The van der Waals surface area contributed by atoms with Gasteiger partial charge in [-0.2, -0.15) is 0 Å². The number of H-pyrrole nitrogens is 1. The number of aromatic nitrogens is 1. The number of amides is 1. The smallest absolute Gasteiger partial charge is 0.270 e. The third-order valence-electron chi connectivity index (χ3n) is 4.57. The number of aromatic amines is 1. The molecular weight excluding hydrogens is 340 g/mol. The first-order chi connectivity index (χ1) is 10.7. The molecule has 0 radical (unpaired) electrons. The predicted molar refractivity (Wildman–Crippen MR) is 92.0 cm³/mol. The van der Waals surface area contributed by atoms with Gasteiger partial charge in [0.25, 0.3) is 5.91 Å². The largest absolute Gasteiger partial charge is 0.356 e. The molecule has 3 nitrogen and oxygen atoms in total. The van der Waals surface area contributed by atoms with Gasteiger partial charge in [0.05, 0.1) is 0 Å². The molecule has 0 unspecified atom stereocenters. The first-order valence-corrected chi connectivity index (χ1v) is 8.70. The van der Waals surface area contributed by atoms with E-state index >= 15 is 0 Å². The Morgan fingerprint density at radius 2 is 2.18 bits per heavy atom. The minimum absolute atomic E-state index is 0.114. The second-order valence-corrected chi connectivity index (χ2v) is 6.78. The van der Waals surface area contributed by atoms with E-state index in [4.69, 9.17) is 0 Å². The van der Waals surface area contributed by atoms with Gasteiger partial charge in [-0.1, -0.05) is 37.3 Å². The van der Waals surface area contributed by atoms with Crippen molar-refractivity contribution in [3.8, 4) is 0 Å². The van der Waals surface area contributed by atoms with Crippen LogP contribution in [0.25, 0.3) is 0 Å². The molecule has 4 heteroatoms. The van der Waals surface area contributed by atoms with E-state index in [9.17, 15) is 4.79 Å². The van der Waals surface area contributed by atoms with Gasteiger partial charge in [0.15, 0.2) is 0 Å². The summed E-state index contributed by atoms with van der Waals surface area (Å²) in [5.41, 5.74) is 2.00. The van der Waals surface area contributed by atoms with Crippen LogP contribution >= 0.6 is 15.9 Å². The number of benzene rings is 1. The fourth-order valence-electron chi connectivity index (χ4n) is 3.54. The molecule has 1 aliphatic heterocycles. The molecule has 2 heterocycles. The molecule has 0 saturated carbocycles. The Labute approximate surface area is 139 Å². The van der Waals surface area contributed by atoms with Crippen molar-refractivity contribution in [3.63, 3.8) is 0 Å². The van der Waals surface area contributed by atoms with Crippen LogP contribution in [0.15, 0.2) is 47.1 Å². The Morgan fingerprint density at radius 3 is 2.82 bits per heavy atom. The number of nitrogens with one attached hydrogen (secondary N) is 1. The van der Waals surface area contributed by atoms with Crippen LogP contribution in [0.3, 0.4) is 0 Å². The monoisotopic (exact) mass is 360 g/mol. The molecule has 0 spiro atoms. The molecule has 1 aliphatic rings. The first kappa shape index (κ1) is 15.3. The van der Waals surface area contributed by atoms with E-state index in [1.54, 1.807) is 0 Å². The maximum absolute atomic E-state index is 12.8. The minimum Gasteiger partial charge on any atom is -0.356 e. The highest BCUT2D eigenvalue weighted by Crippen LogP contribution is 2.34. The van der Waals surface area contributed by atoms with Crippen LogP contribution < -0.4 is 0 Å². The van der Waals surface area contributed by atoms with Gasteiger partial charge >= 0.3 is 0 Å². The normalized spacial score (nSPS) is 19.4. The molecule has 1 fully saturated rings. The average molecular weight is 361 g/mol. The van der Waals surface area contributed by atoms with Crippen molar-refractivity contribution in [1.82, 2.24) is 9.88 Å². The van der Waals surface area contributed by atoms with E-state index in [2.05, 4.69) is 57.0 Å². The summed E-state index contributed by atoms with van der Waals surface area (Å²) in [4.78, 5) is 17.9. The van der Waals surface area contributed by atoms with Crippen LogP contribution in [0.4, 0.5) is 0 Å². The number of rotatable bonds is 4. The maximum atomic E-state index is 12.8. The standard InChI is InChI=1S/C18H21BrN2O/c1-2-15(13-7-4-3-5-8-13)17-9-6-10-21(17)18(22)16-11-14(19)12-20-16/h3-5,7-8,11-12,15,17,20H,2,6,9-10H2,1H3/t15-,17-/m1/s1. The number of likely N-dealkylation sites (tertiary alicyclic amines) is 1. The fraction of sp³-hybridized carbons (Fsp3) is 0.389. The van der Waals surface area contributed by atoms with E-state index < -0.39 is 0 Å². The Balaban J connectivity index is 1.84. The number of carbonyl (C=O) groups excluding carboxylic acids is 1. The van der Waals surface area contributed by atoms with E-state index in [0.29, 0.717) is 17.7 Å². The molecule has 116 valence electrons. The zero-order chi connectivity index (χ0) is 15.5.